The zero-order valence-electron chi connectivity index (χ0n) is 10.3. The van der Waals surface area contributed by atoms with Crippen LogP contribution in [0.2, 0.25) is 0 Å². The fraction of sp³-hybridized carbons (Fsp3) is 0.333. The van der Waals surface area contributed by atoms with Crippen molar-refractivity contribution in [3.05, 3.63) is 33.1 Å². The number of hydrogen-bond acceptors (Lipinski definition) is 7. The summed E-state index contributed by atoms with van der Waals surface area (Å²) in [5.41, 5.74) is -1.65. The van der Waals surface area contributed by atoms with Crippen LogP contribution in [0.4, 0.5) is 0 Å². The van der Waals surface area contributed by atoms with Gasteiger partial charge in [-0.05, 0) is 0 Å². The lowest BCUT2D eigenvalue weighted by atomic mass is 10.4. The Bertz CT molecular complexity index is 660. The predicted molar refractivity (Wildman–Crippen MR) is 65.4 cm³/mol. The quantitative estimate of drug-likeness (QED) is 0.360. The molecule has 1 aromatic heterocycles. The van der Waals surface area contributed by atoms with E-state index in [-0.39, 0.29) is 12.6 Å². The van der Waals surface area contributed by atoms with E-state index in [0.717, 1.165) is 12.3 Å². The van der Waals surface area contributed by atoms with E-state index in [4.69, 9.17) is 14.5 Å². The van der Waals surface area contributed by atoms with Gasteiger partial charge < -0.3 is 19.3 Å². The molecule has 1 rings (SSSR count). The van der Waals surface area contributed by atoms with Crippen LogP contribution in [0.15, 0.2) is 21.9 Å². The van der Waals surface area contributed by atoms with Gasteiger partial charge in [0.2, 0.25) is 0 Å². The average molecular weight is 322 g/mol. The largest absolute Gasteiger partial charge is 0.469 e. The molecule has 2 atom stereocenters. The summed E-state index contributed by atoms with van der Waals surface area (Å²) in [5, 5.41) is 0. The van der Waals surface area contributed by atoms with Gasteiger partial charge in [0.25, 0.3) is 5.56 Å². The molecule has 1 heterocycles. The highest BCUT2D eigenvalue weighted by Gasteiger charge is 2.22. The molecule has 0 aliphatic heterocycles. The summed E-state index contributed by atoms with van der Waals surface area (Å²) in [4.78, 5) is 62.8. The molecule has 1 aromatic rings. The summed E-state index contributed by atoms with van der Waals surface area (Å²) in [6, 6.07) is 0.948. The van der Waals surface area contributed by atoms with Crippen LogP contribution in [0.3, 0.4) is 0 Å². The van der Waals surface area contributed by atoms with E-state index < -0.39 is 38.0 Å². The molecule has 0 aromatic carbocycles. The van der Waals surface area contributed by atoms with Crippen LogP contribution in [-0.4, -0.2) is 44.6 Å². The first-order valence-corrected chi connectivity index (χ1v) is 6.87. The highest BCUT2D eigenvalue weighted by Crippen LogP contribution is 2.35. The van der Waals surface area contributed by atoms with Crippen molar-refractivity contribution in [1.82, 2.24) is 9.55 Å². The number of hydrogen-bond donors (Lipinski definition) is 3. The van der Waals surface area contributed by atoms with Gasteiger partial charge in [-0.2, -0.15) is 0 Å². The van der Waals surface area contributed by atoms with Gasteiger partial charge in [-0.25, -0.2) is 9.36 Å². The molecule has 0 amide bonds. The van der Waals surface area contributed by atoms with Gasteiger partial charge >= 0.3 is 13.5 Å². The summed E-state index contributed by atoms with van der Waals surface area (Å²) in [5.74, 6) is 0. The van der Waals surface area contributed by atoms with Crippen LogP contribution < -0.4 is 11.2 Å². The third-order valence-corrected chi connectivity index (χ3v) is 2.60. The minimum Gasteiger partial charge on any atom is -0.338 e. The zero-order chi connectivity index (χ0) is 16.0. The van der Waals surface area contributed by atoms with E-state index in [1.807, 2.05) is 4.98 Å². The smallest absolute Gasteiger partial charge is 0.338 e. The molecule has 116 valence electrons. The Kier molecular flexibility index (Phi) is 5.88. The van der Waals surface area contributed by atoms with Gasteiger partial charge in [0.05, 0.1) is 6.61 Å². The normalized spacial score (nSPS) is 14.4. The summed E-state index contributed by atoms with van der Waals surface area (Å²) in [6.07, 6.45) is -1.82. The van der Waals surface area contributed by atoms with E-state index in [1.54, 1.807) is 0 Å². The number of H-pyrrole nitrogens is 1. The van der Waals surface area contributed by atoms with Crippen LogP contribution in [-0.2, 0) is 23.4 Å². The van der Waals surface area contributed by atoms with Gasteiger partial charge in [-0.3, -0.25) is 23.7 Å². The molecule has 12 heteroatoms. The summed E-state index contributed by atoms with van der Waals surface area (Å²) in [7, 11) is -4.82. The first-order valence-electron chi connectivity index (χ1n) is 5.34. The predicted octanol–water partition coefficient (Wildman–Crippen LogP) is -2.07. The number of carbonyl (C=O) groups excluding carboxylic acids is 2. The molecule has 0 aliphatic carbocycles. The van der Waals surface area contributed by atoms with Gasteiger partial charge in [0.1, 0.15) is 6.10 Å². The monoisotopic (exact) mass is 322 g/mol. The van der Waals surface area contributed by atoms with Crippen LogP contribution in [0.5, 0.6) is 0 Å². The Labute approximate surface area is 116 Å². The molecular formula is C9H11N2O9P. The van der Waals surface area contributed by atoms with E-state index in [2.05, 4.69) is 4.52 Å². The van der Waals surface area contributed by atoms with Crippen molar-refractivity contribution in [1.29, 1.82) is 0 Å². The topological polar surface area (TPSA) is 165 Å². The lowest BCUT2D eigenvalue weighted by Crippen LogP contribution is -2.36. The van der Waals surface area contributed by atoms with Crippen molar-refractivity contribution in [3.8, 4) is 0 Å². The molecule has 0 spiro atoms. The molecular weight excluding hydrogens is 311 g/mol. The molecule has 21 heavy (non-hydrogen) atoms. The van der Waals surface area contributed by atoms with Gasteiger partial charge in [0, 0.05) is 12.3 Å². The number of phosphoric ester groups is 1. The highest BCUT2D eigenvalue weighted by molar-refractivity contribution is 7.46. The Hall–Kier alpha value is -1.91. The SMILES string of the molecule is O=C[C@@H](COP(=O)(O)O)O[C@H](C=O)n1ccc(=O)[nH]c1=O. The van der Waals surface area contributed by atoms with E-state index in [1.165, 1.54) is 0 Å². The average Bonchev–Trinajstić information content (AvgIpc) is 2.39. The zero-order valence-corrected chi connectivity index (χ0v) is 11.2. The van der Waals surface area contributed by atoms with Crippen LogP contribution in [0.1, 0.15) is 6.23 Å². The van der Waals surface area contributed by atoms with Gasteiger partial charge in [-0.15, -0.1) is 0 Å². The fourth-order valence-electron chi connectivity index (χ4n) is 1.25. The summed E-state index contributed by atoms with van der Waals surface area (Å²) in [6.45, 7) is -0.823. The molecule has 0 fully saturated rings. The maximum atomic E-state index is 11.5. The first kappa shape index (κ1) is 17.1. The van der Waals surface area contributed by atoms with Crippen molar-refractivity contribution in [3.63, 3.8) is 0 Å². The number of nitrogens with zero attached hydrogens (tertiary/aromatic N) is 1. The van der Waals surface area contributed by atoms with Crippen molar-refractivity contribution in [2.75, 3.05) is 6.61 Å². The summed E-state index contributed by atoms with van der Waals surface area (Å²) >= 11 is 0. The Morgan fingerprint density at radius 3 is 2.48 bits per heavy atom. The second-order valence-corrected chi connectivity index (χ2v) is 4.88. The molecule has 0 unspecified atom stereocenters. The third kappa shape index (κ3) is 5.53. The van der Waals surface area contributed by atoms with E-state index in [0.29, 0.717) is 4.57 Å². The Morgan fingerprint density at radius 2 is 2.00 bits per heavy atom. The lowest BCUT2D eigenvalue weighted by molar-refractivity contribution is -0.139. The molecule has 11 nitrogen and oxygen atoms in total. The Morgan fingerprint density at radius 1 is 1.33 bits per heavy atom. The first-order chi connectivity index (χ1) is 9.76. The number of rotatable bonds is 8. The van der Waals surface area contributed by atoms with Crippen LogP contribution >= 0.6 is 7.82 Å². The molecule has 0 bridgehead atoms. The van der Waals surface area contributed by atoms with Crippen molar-refractivity contribution in [2.45, 2.75) is 12.3 Å². The number of nitrogens with one attached hydrogen (secondary N) is 1. The molecule has 0 saturated carbocycles. The second-order valence-electron chi connectivity index (χ2n) is 3.64. The van der Waals surface area contributed by atoms with Crippen LogP contribution in [0.25, 0.3) is 0 Å². The number of aldehydes is 2. The van der Waals surface area contributed by atoms with E-state index >= 15 is 0 Å². The maximum Gasteiger partial charge on any atom is 0.469 e. The third-order valence-electron chi connectivity index (χ3n) is 2.11. The number of phosphoric acid groups is 1. The van der Waals surface area contributed by atoms with Gasteiger partial charge in [0.15, 0.2) is 18.8 Å². The minimum atomic E-state index is -4.82. The minimum absolute atomic E-state index is 0.142. The Balaban J connectivity index is 2.87. The number of ether oxygens (including phenoxy) is 1. The fourth-order valence-corrected chi connectivity index (χ4v) is 1.59. The second kappa shape index (κ2) is 7.20. The highest BCUT2D eigenvalue weighted by atomic mass is 31.2. The molecule has 0 radical (unpaired) electrons. The molecule has 0 saturated heterocycles. The molecule has 0 aliphatic rings. The van der Waals surface area contributed by atoms with Crippen molar-refractivity contribution < 1.29 is 33.2 Å². The van der Waals surface area contributed by atoms with E-state index in [9.17, 15) is 23.7 Å². The van der Waals surface area contributed by atoms with Crippen molar-refractivity contribution >= 4 is 20.4 Å². The number of aromatic amines is 1. The number of aromatic nitrogens is 2. The molecule has 3 N–H and O–H groups in total. The van der Waals surface area contributed by atoms with Crippen LogP contribution in [0, 0.1) is 0 Å². The lowest BCUT2D eigenvalue weighted by Gasteiger charge is -2.18. The summed E-state index contributed by atoms with van der Waals surface area (Å²) < 4.78 is 20.1. The standard InChI is InChI=1S/C9H11N2O9P/c12-3-6(5-19-21(16,17)18)20-8(4-13)11-2-1-7(14)10-9(11)15/h1-4,6,8H,5H2,(H,10,14,15)(H2,16,17,18)/t6-,8+/m0/s1. The maximum absolute atomic E-state index is 11.5. The number of carbonyl (C=O) groups is 2. The van der Waals surface area contributed by atoms with Gasteiger partial charge in [-0.1, -0.05) is 0 Å². The van der Waals surface area contributed by atoms with Crippen molar-refractivity contribution in [2.24, 2.45) is 0 Å².